The molecule has 0 aliphatic heterocycles. The van der Waals surface area contributed by atoms with Crippen LogP contribution in [0.1, 0.15) is 29.7 Å². The first kappa shape index (κ1) is 13.7. The van der Waals surface area contributed by atoms with E-state index < -0.39 is 0 Å². The minimum absolute atomic E-state index is 0.102. The second-order valence-electron chi connectivity index (χ2n) is 5.47. The minimum Gasteiger partial charge on any atom is -0.353 e. The number of aryl methyl sites for hydroxylation is 2. The minimum atomic E-state index is 0.102. The van der Waals surface area contributed by atoms with E-state index in [0.717, 1.165) is 25.0 Å². The Labute approximate surface area is 124 Å². The Morgan fingerprint density at radius 3 is 2.90 bits per heavy atom. The summed E-state index contributed by atoms with van der Waals surface area (Å²) >= 11 is 0. The zero-order valence-electron chi connectivity index (χ0n) is 12.0. The molecule has 108 valence electrons. The average Bonchev–Trinajstić information content (AvgIpc) is 2.54. The molecule has 1 heterocycles. The van der Waals surface area contributed by atoms with Gasteiger partial charge in [0.2, 0.25) is 5.91 Å². The molecule has 1 N–H and O–H groups in total. The molecular weight excluding hydrogens is 262 g/mol. The molecular formula is C17H19N3O. The maximum atomic E-state index is 12.0. The number of hydrogen-bond donors (Lipinski definition) is 1. The van der Waals surface area contributed by atoms with Gasteiger partial charge in [-0.1, -0.05) is 24.3 Å². The van der Waals surface area contributed by atoms with Crippen molar-refractivity contribution in [1.82, 2.24) is 15.3 Å². The fraction of sp³-hybridized carbons (Fsp3) is 0.353. The molecule has 0 unspecified atom stereocenters. The summed E-state index contributed by atoms with van der Waals surface area (Å²) in [5, 5.41) is 3.14. The van der Waals surface area contributed by atoms with E-state index in [1.54, 1.807) is 18.6 Å². The highest BCUT2D eigenvalue weighted by Gasteiger charge is 2.19. The number of nitrogens with zero attached hydrogens (tertiary/aromatic N) is 2. The SMILES string of the molecule is O=C(CCc1cnccn1)N[C@H]1CCc2ccccc2C1. The van der Waals surface area contributed by atoms with Gasteiger partial charge < -0.3 is 5.32 Å². The summed E-state index contributed by atoms with van der Waals surface area (Å²) < 4.78 is 0. The van der Waals surface area contributed by atoms with Gasteiger partial charge in [-0.3, -0.25) is 14.8 Å². The molecule has 4 nitrogen and oxygen atoms in total. The van der Waals surface area contributed by atoms with Crippen molar-refractivity contribution in [1.29, 1.82) is 0 Å². The summed E-state index contributed by atoms with van der Waals surface area (Å²) in [6, 6.07) is 8.75. The second kappa shape index (κ2) is 6.48. The molecule has 1 amide bonds. The molecule has 0 spiro atoms. The van der Waals surface area contributed by atoms with Gasteiger partial charge in [0.15, 0.2) is 0 Å². The lowest BCUT2D eigenvalue weighted by Gasteiger charge is -2.25. The number of nitrogens with one attached hydrogen (secondary N) is 1. The first-order chi connectivity index (χ1) is 10.3. The molecule has 1 aromatic heterocycles. The summed E-state index contributed by atoms with van der Waals surface area (Å²) in [4.78, 5) is 20.2. The lowest BCUT2D eigenvalue weighted by Crippen LogP contribution is -2.38. The van der Waals surface area contributed by atoms with Crippen molar-refractivity contribution in [2.24, 2.45) is 0 Å². The standard InChI is InChI=1S/C17H19N3O/c21-17(8-7-16-12-18-9-10-19-16)20-15-6-5-13-3-1-2-4-14(13)11-15/h1-4,9-10,12,15H,5-8,11H2,(H,20,21)/t15-/m0/s1. The van der Waals surface area contributed by atoms with Gasteiger partial charge in [0.1, 0.15) is 0 Å². The zero-order valence-corrected chi connectivity index (χ0v) is 12.0. The van der Waals surface area contributed by atoms with E-state index in [0.29, 0.717) is 12.8 Å². The third kappa shape index (κ3) is 3.66. The van der Waals surface area contributed by atoms with Crippen molar-refractivity contribution >= 4 is 5.91 Å². The van der Waals surface area contributed by atoms with Crippen LogP contribution in [0.3, 0.4) is 0 Å². The van der Waals surface area contributed by atoms with Crippen molar-refractivity contribution in [3.05, 3.63) is 59.7 Å². The van der Waals surface area contributed by atoms with Crippen LogP contribution in [0.4, 0.5) is 0 Å². The molecule has 0 radical (unpaired) electrons. The number of rotatable bonds is 4. The largest absolute Gasteiger partial charge is 0.353 e. The number of hydrogen-bond acceptors (Lipinski definition) is 3. The van der Waals surface area contributed by atoms with Crippen LogP contribution in [0.15, 0.2) is 42.9 Å². The molecule has 0 bridgehead atoms. The summed E-state index contributed by atoms with van der Waals surface area (Å²) in [6.45, 7) is 0. The van der Waals surface area contributed by atoms with Crippen molar-refractivity contribution in [3.8, 4) is 0 Å². The van der Waals surface area contributed by atoms with Gasteiger partial charge in [-0.15, -0.1) is 0 Å². The Kier molecular flexibility index (Phi) is 4.24. The maximum Gasteiger partial charge on any atom is 0.220 e. The first-order valence-electron chi connectivity index (χ1n) is 7.42. The number of fused-ring (bicyclic) bond motifs is 1. The van der Waals surface area contributed by atoms with Crippen molar-refractivity contribution in [2.45, 2.75) is 38.1 Å². The number of carbonyl (C=O) groups excluding carboxylic acids is 1. The number of carbonyl (C=O) groups is 1. The Balaban J connectivity index is 1.50. The summed E-state index contributed by atoms with van der Waals surface area (Å²) in [7, 11) is 0. The van der Waals surface area contributed by atoms with Gasteiger partial charge in [-0.25, -0.2) is 0 Å². The average molecular weight is 281 g/mol. The van der Waals surface area contributed by atoms with E-state index in [4.69, 9.17) is 0 Å². The van der Waals surface area contributed by atoms with Crippen LogP contribution in [0, 0.1) is 0 Å². The van der Waals surface area contributed by atoms with Crippen LogP contribution in [0.2, 0.25) is 0 Å². The number of benzene rings is 1. The Morgan fingerprint density at radius 2 is 2.10 bits per heavy atom. The number of aromatic nitrogens is 2. The van der Waals surface area contributed by atoms with E-state index in [2.05, 4.69) is 39.6 Å². The predicted molar refractivity (Wildman–Crippen MR) is 80.8 cm³/mol. The second-order valence-corrected chi connectivity index (χ2v) is 5.47. The van der Waals surface area contributed by atoms with Crippen LogP contribution >= 0.6 is 0 Å². The summed E-state index contributed by atoms with van der Waals surface area (Å²) in [5.74, 6) is 0.102. The number of amides is 1. The van der Waals surface area contributed by atoms with Gasteiger partial charge in [-0.05, 0) is 36.8 Å². The molecule has 0 saturated carbocycles. The quantitative estimate of drug-likeness (QED) is 0.933. The molecule has 4 heteroatoms. The Hall–Kier alpha value is -2.23. The highest BCUT2D eigenvalue weighted by atomic mass is 16.1. The summed E-state index contributed by atoms with van der Waals surface area (Å²) in [5.41, 5.74) is 3.65. The van der Waals surface area contributed by atoms with E-state index >= 15 is 0 Å². The highest BCUT2D eigenvalue weighted by molar-refractivity contribution is 5.76. The fourth-order valence-electron chi connectivity index (χ4n) is 2.82. The predicted octanol–water partition coefficient (Wildman–Crippen LogP) is 2.08. The normalized spacial score (nSPS) is 17.0. The molecule has 2 aromatic rings. The molecule has 1 aliphatic rings. The third-order valence-corrected chi connectivity index (χ3v) is 3.94. The van der Waals surface area contributed by atoms with Crippen LogP contribution in [0.5, 0.6) is 0 Å². The molecule has 1 aromatic carbocycles. The molecule has 1 atom stereocenters. The van der Waals surface area contributed by atoms with Gasteiger partial charge in [0, 0.05) is 31.1 Å². The molecule has 0 fully saturated rings. The van der Waals surface area contributed by atoms with Crippen LogP contribution in [-0.4, -0.2) is 21.9 Å². The smallest absolute Gasteiger partial charge is 0.220 e. The van der Waals surface area contributed by atoms with Crippen LogP contribution < -0.4 is 5.32 Å². The topological polar surface area (TPSA) is 54.9 Å². The van der Waals surface area contributed by atoms with E-state index in [-0.39, 0.29) is 11.9 Å². The van der Waals surface area contributed by atoms with Gasteiger partial charge in [0.05, 0.1) is 5.69 Å². The monoisotopic (exact) mass is 281 g/mol. The van der Waals surface area contributed by atoms with Gasteiger partial charge in [-0.2, -0.15) is 0 Å². The van der Waals surface area contributed by atoms with Crippen LogP contribution in [-0.2, 0) is 24.1 Å². The molecule has 0 saturated heterocycles. The third-order valence-electron chi connectivity index (χ3n) is 3.94. The molecule has 1 aliphatic carbocycles. The van der Waals surface area contributed by atoms with Crippen molar-refractivity contribution in [2.75, 3.05) is 0 Å². The summed E-state index contributed by atoms with van der Waals surface area (Å²) in [6.07, 6.45) is 9.13. The van der Waals surface area contributed by atoms with Crippen molar-refractivity contribution in [3.63, 3.8) is 0 Å². The Bertz CT molecular complexity index is 612. The Morgan fingerprint density at radius 1 is 1.24 bits per heavy atom. The maximum absolute atomic E-state index is 12.0. The highest BCUT2D eigenvalue weighted by Crippen LogP contribution is 2.21. The van der Waals surface area contributed by atoms with E-state index in [9.17, 15) is 4.79 Å². The van der Waals surface area contributed by atoms with E-state index in [1.165, 1.54) is 11.1 Å². The fourth-order valence-corrected chi connectivity index (χ4v) is 2.82. The van der Waals surface area contributed by atoms with Gasteiger partial charge >= 0.3 is 0 Å². The lowest BCUT2D eigenvalue weighted by atomic mass is 9.88. The zero-order chi connectivity index (χ0) is 14.5. The van der Waals surface area contributed by atoms with Crippen molar-refractivity contribution < 1.29 is 4.79 Å². The van der Waals surface area contributed by atoms with Gasteiger partial charge in [0.25, 0.3) is 0 Å². The lowest BCUT2D eigenvalue weighted by molar-refractivity contribution is -0.121. The molecule has 21 heavy (non-hydrogen) atoms. The molecule has 3 rings (SSSR count). The van der Waals surface area contributed by atoms with Crippen LogP contribution in [0.25, 0.3) is 0 Å². The van der Waals surface area contributed by atoms with E-state index in [1.807, 2.05) is 0 Å². The first-order valence-corrected chi connectivity index (χ1v) is 7.42.